The average molecular weight is 358 g/mol. The molecule has 0 saturated carbocycles. The summed E-state index contributed by atoms with van der Waals surface area (Å²) in [7, 11) is -2.59. The number of carbonyl (C=O) groups is 2. The summed E-state index contributed by atoms with van der Waals surface area (Å²) in [6.07, 6.45) is -0.813. The number of nitrogens with one attached hydrogen (secondary N) is 2. The summed E-state index contributed by atoms with van der Waals surface area (Å²) in [5, 5.41) is 2.27. The minimum atomic E-state index is -4.05. The first-order valence-electron chi connectivity index (χ1n) is 7.15. The Morgan fingerprint density at radius 3 is 2.12 bits per heavy atom. The molecule has 1 rings (SSSR count). The summed E-state index contributed by atoms with van der Waals surface area (Å²) in [5.74, 6) is -0.392. The van der Waals surface area contributed by atoms with Crippen LogP contribution in [0.25, 0.3) is 0 Å². The maximum Gasteiger partial charge on any atom is 0.408 e. The van der Waals surface area contributed by atoms with Crippen LogP contribution in [0.2, 0.25) is 0 Å². The van der Waals surface area contributed by atoms with Crippen molar-refractivity contribution in [2.24, 2.45) is 0 Å². The van der Waals surface area contributed by atoms with Crippen molar-refractivity contribution in [3.8, 4) is 5.75 Å². The molecule has 8 nitrogen and oxygen atoms in total. The minimum Gasteiger partial charge on any atom is -0.497 e. The fraction of sp³-hybridized carbons (Fsp3) is 0.467. The molecule has 0 unspecified atom stereocenters. The van der Waals surface area contributed by atoms with E-state index in [1.807, 2.05) is 4.72 Å². The molecule has 9 heteroatoms. The maximum atomic E-state index is 12.1. The number of amides is 2. The van der Waals surface area contributed by atoms with Crippen LogP contribution in [0.5, 0.6) is 5.75 Å². The van der Waals surface area contributed by atoms with Crippen molar-refractivity contribution in [1.29, 1.82) is 0 Å². The lowest BCUT2D eigenvalue weighted by Crippen LogP contribution is -2.47. The van der Waals surface area contributed by atoms with Crippen molar-refractivity contribution < 1.29 is 27.5 Å². The van der Waals surface area contributed by atoms with Gasteiger partial charge in [0.1, 0.15) is 17.4 Å². The predicted octanol–water partition coefficient (Wildman–Crippen LogP) is 1.41. The third-order valence-corrected chi connectivity index (χ3v) is 4.09. The average Bonchev–Trinajstić information content (AvgIpc) is 2.44. The van der Waals surface area contributed by atoms with Crippen LogP contribution < -0.4 is 14.8 Å². The molecule has 0 aliphatic rings. The molecule has 134 valence electrons. The van der Waals surface area contributed by atoms with Gasteiger partial charge in [-0.05, 0) is 52.0 Å². The van der Waals surface area contributed by atoms with Crippen molar-refractivity contribution in [3.63, 3.8) is 0 Å². The lowest BCUT2D eigenvalue weighted by Gasteiger charge is -2.21. The molecule has 24 heavy (non-hydrogen) atoms. The number of hydrogen-bond acceptors (Lipinski definition) is 6. The molecule has 0 heterocycles. The Bertz CT molecular complexity index is 692. The molecule has 1 aromatic rings. The second-order valence-electron chi connectivity index (χ2n) is 6.01. The highest BCUT2D eigenvalue weighted by Crippen LogP contribution is 2.15. The van der Waals surface area contributed by atoms with Gasteiger partial charge in [-0.15, -0.1) is 0 Å². The topological polar surface area (TPSA) is 111 Å². The summed E-state index contributed by atoms with van der Waals surface area (Å²) < 4.78 is 36.1. The Hall–Kier alpha value is -2.29. The Labute approximate surface area is 141 Å². The molecule has 0 bridgehead atoms. The van der Waals surface area contributed by atoms with Gasteiger partial charge in [-0.25, -0.2) is 17.9 Å². The highest BCUT2D eigenvalue weighted by molar-refractivity contribution is 7.90. The number of ether oxygens (including phenoxy) is 2. The van der Waals surface area contributed by atoms with Crippen molar-refractivity contribution in [2.75, 3.05) is 7.11 Å². The molecule has 0 fully saturated rings. The number of rotatable bonds is 5. The molecule has 2 amide bonds. The number of methoxy groups -OCH3 is 1. The predicted molar refractivity (Wildman–Crippen MR) is 87.2 cm³/mol. The number of alkyl carbamates (subject to hydrolysis) is 1. The molecule has 2 N–H and O–H groups in total. The number of carbonyl (C=O) groups excluding carboxylic acids is 2. The summed E-state index contributed by atoms with van der Waals surface area (Å²) in [6, 6.07) is 4.44. The summed E-state index contributed by atoms with van der Waals surface area (Å²) in [6.45, 7) is 6.37. The van der Waals surface area contributed by atoms with Gasteiger partial charge in [0.25, 0.3) is 15.9 Å². The van der Waals surface area contributed by atoms with E-state index < -0.39 is 33.7 Å². The number of hydrogen-bond donors (Lipinski definition) is 2. The van der Waals surface area contributed by atoms with Crippen molar-refractivity contribution >= 4 is 22.0 Å². The quantitative estimate of drug-likeness (QED) is 0.823. The Kier molecular flexibility index (Phi) is 6.19. The monoisotopic (exact) mass is 358 g/mol. The largest absolute Gasteiger partial charge is 0.497 e. The molecule has 0 aliphatic carbocycles. The fourth-order valence-corrected chi connectivity index (χ4v) is 2.64. The van der Waals surface area contributed by atoms with Gasteiger partial charge in [-0.1, -0.05) is 0 Å². The van der Waals surface area contributed by atoms with E-state index in [1.54, 1.807) is 20.8 Å². The van der Waals surface area contributed by atoms with E-state index in [-0.39, 0.29) is 4.90 Å². The van der Waals surface area contributed by atoms with Gasteiger partial charge in [0, 0.05) is 0 Å². The zero-order chi connectivity index (χ0) is 18.5. The molecule has 0 aliphatic heterocycles. The third-order valence-electron chi connectivity index (χ3n) is 2.73. The van der Waals surface area contributed by atoms with Gasteiger partial charge in [-0.2, -0.15) is 0 Å². The summed E-state index contributed by atoms with van der Waals surface area (Å²) in [4.78, 5) is 23.5. The zero-order valence-electron chi connectivity index (χ0n) is 14.2. The molecular weight excluding hydrogens is 336 g/mol. The molecule has 0 saturated heterocycles. The van der Waals surface area contributed by atoms with E-state index in [0.29, 0.717) is 5.75 Å². The number of sulfonamides is 1. The molecular formula is C15H22N2O6S. The number of benzene rings is 1. The van der Waals surface area contributed by atoms with Crippen LogP contribution in [-0.4, -0.2) is 39.2 Å². The van der Waals surface area contributed by atoms with Crippen molar-refractivity contribution in [3.05, 3.63) is 24.3 Å². The molecule has 0 aromatic heterocycles. The van der Waals surface area contributed by atoms with E-state index >= 15 is 0 Å². The SMILES string of the molecule is COc1ccc(S(=O)(=O)NC(=O)[C@H](C)NC(=O)OC(C)(C)C)cc1. The van der Waals surface area contributed by atoms with Gasteiger partial charge in [0.05, 0.1) is 12.0 Å². The fourth-order valence-electron chi connectivity index (χ4n) is 1.58. The van der Waals surface area contributed by atoms with Crippen LogP contribution in [-0.2, 0) is 19.6 Å². The van der Waals surface area contributed by atoms with E-state index in [9.17, 15) is 18.0 Å². The van der Waals surface area contributed by atoms with Crippen LogP contribution in [0.3, 0.4) is 0 Å². The first-order valence-corrected chi connectivity index (χ1v) is 8.63. The smallest absolute Gasteiger partial charge is 0.408 e. The van der Waals surface area contributed by atoms with Crippen molar-refractivity contribution in [1.82, 2.24) is 10.0 Å². The zero-order valence-corrected chi connectivity index (χ0v) is 15.1. The lowest BCUT2D eigenvalue weighted by atomic mass is 10.2. The molecule has 1 aromatic carbocycles. The first kappa shape index (κ1) is 19.8. The van der Waals surface area contributed by atoms with E-state index in [2.05, 4.69) is 5.32 Å². The van der Waals surface area contributed by atoms with Gasteiger partial charge in [0.15, 0.2) is 0 Å². The Morgan fingerprint density at radius 1 is 1.12 bits per heavy atom. The highest BCUT2D eigenvalue weighted by Gasteiger charge is 2.25. The van der Waals surface area contributed by atoms with Gasteiger partial charge in [-0.3, -0.25) is 4.79 Å². The summed E-state index contributed by atoms with van der Waals surface area (Å²) in [5.41, 5.74) is -0.727. The van der Waals surface area contributed by atoms with Crippen LogP contribution in [0.15, 0.2) is 29.2 Å². The molecule has 0 radical (unpaired) electrons. The van der Waals surface area contributed by atoms with Crippen LogP contribution in [0.1, 0.15) is 27.7 Å². The maximum absolute atomic E-state index is 12.1. The van der Waals surface area contributed by atoms with Gasteiger partial charge >= 0.3 is 6.09 Å². The van der Waals surface area contributed by atoms with E-state index in [1.165, 1.54) is 38.3 Å². The first-order chi connectivity index (χ1) is 10.9. The van der Waals surface area contributed by atoms with E-state index in [4.69, 9.17) is 9.47 Å². The van der Waals surface area contributed by atoms with Crippen molar-refractivity contribution in [2.45, 2.75) is 44.2 Å². The third kappa shape index (κ3) is 6.07. The lowest BCUT2D eigenvalue weighted by molar-refractivity contribution is -0.121. The second-order valence-corrected chi connectivity index (χ2v) is 7.70. The Balaban J connectivity index is 2.72. The molecule has 0 spiro atoms. The summed E-state index contributed by atoms with van der Waals surface area (Å²) >= 11 is 0. The van der Waals surface area contributed by atoms with E-state index in [0.717, 1.165) is 0 Å². The van der Waals surface area contributed by atoms with Gasteiger partial charge in [0.2, 0.25) is 0 Å². The van der Waals surface area contributed by atoms with Gasteiger partial charge < -0.3 is 14.8 Å². The highest BCUT2D eigenvalue weighted by atomic mass is 32.2. The minimum absolute atomic E-state index is 0.0962. The van der Waals surface area contributed by atoms with Crippen LogP contribution in [0, 0.1) is 0 Å². The second kappa shape index (κ2) is 7.52. The Morgan fingerprint density at radius 2 is 1.67 bits per heavy atom. The van der Waals surface area contributed by atoms with Crippen LogP contribution in [0.4, 0.5) is 4.79 Å². The van der Waals surface area contributed by atoms with Crippen LogP contribution >= 0.6 is 0 Å². The normalized spacial score (nSPS) is 12.9. The molecule has 1 atom stereocenters. The standard InChI is InChI=1S/C15H22N2O6S/c1-10(16-14(19)23-15(2,3)4)13(18)17-24(20,21)12-8-6-11(22-5)7-9-12/h6-10H,1-5H3,(H,16,19)(H,17,18)/t10-/m0/s1.